The van der Waals surface area contributed by atoms with Crippen molar-refractivity contribution < 1.29 is 9.13 Å². The molecule has 0 aliphatic carbocycles. The lowest BCUT2D eigenvalue weighted by atomic mass is 9.95. The molecule has 1 aromatic carbocycles. The second kappa shape index (κ2) is 7.21. The third kappa shape index (κ3) is 4.18. The van der Waals surface area contributed by atoms with Gasteiger partial charge in [0.1, 0.15) is 0 Å². The first-order valence-corrected chi connectivity index (χ1v) is 6.30. The fourth-order valence-electron chi connectivity index (χ4n) is 1.83. The van der Waals surface area contributed by atoms with Gasteiger partial charge in [0.25, 0.3) is 0 Å². The summed E-state index contributed by atoms with van der Waals surface area (Å²) in [5, 5.41) is 6.45. The zero-order valence-electron chi connectivity index (χ0n) is 11.6. The molecule has 1 atom stereocenters. The Morgan fingerprint density at radius 2 is 2.00 bits per heavy atom. The van der Waals surface area contributed by atoms with Crippen LogP contribution in [0.3, 0.4) is 0 Å². The maximum Gasteiger partial charge on any atom is 0.167 e. The highest BCUT2D eigenvalue weighted by Gasteiger charge is 2.12. The minimum atomic E-state index is -0.336. The van der Waals surface area contributed by atoms with Gasteiger partial charge in [-0.3, -0.25) is 0 Å². The van der Waals surface area contributed by atoms with Gasteiger partial charge in [-0.1, -0.05) is 13.8 Å². The molecule has 0 aromatic heterocycles. The maximum absolute atomic E-state index is 13.5. The third-order valence-electron chi connectivity index (χ3n) is 3.13. The number of nitrogens with one attached hydrogen (secondary N) is 2. The van der Waals surface area contributed by atoms with Crippen LogP contribution in [0.2, 0.25) is 0 Å². The summed E-state index contributed by atoms with van der Waals surface area (Å²) in [6, 6.07) is 4.94. The number of ether oxygens (including phenoxy) is 1. The van der Waals surface area contributed by atoms with Gasteiger partial charge in [0, 0.05) is 18.3 Å². The van der Waals surface area contributed by atoms with Crippen LogP contribution < -0.4 is 15.4 Å². The van der Waals surface area contributed by atoms with E-state index in [-0.39, 0.29) is 11.6 Å². The van der Waals surface area contributed by atoms with Crippen molar-refractivity contribution in [2.45, 2.75) is 13.8 Å². The van der Waals surface area contributed by atoms with Crippen molar-refractivity contribution >= 4 is 5.69 Å². The van der Waals surface area contributed by atoms with E-state index in [1.807, 2.05) is 13.1 Å². The summed E-state index contributed by atoms with van der Waals surface area (Å²) < 4.78 is 18.4. The SMILES string of the molecule is CNCC(CNc1ccc(OC)c(F)c1)C(C)C. The van der Waals surface area contributed by atoms with Gasteiger partial charge in [0.05, 0.1) is 7.11 Å². The molecular weight excluding hydrogens is 231 g/mol. The summed E-state index contributed by atoms with van der Waals surface area (Å²) >= 11 is 0. The molecule has 0 spiro atoms. The Hall–Kier alpha value is -1.29. The van der Waals surface area contributed by atoms with Gasteiger partial charge in [0.15, 0.2) is 11.6 Å². The second-order valence-electron chi connectivity index (χ2n) is 4.79. The zero-order chi connectivity index (χ0) is 13.5. The summed E-state index contributed by atoms with van der Waals surface area (Å²) in [4.78, 5) is 0. The highest BCUT2D eigenvalue weighted by atomic mass is 19.1. The van der Waals surface area contributed by atoms with Crippen LogP contribution in [0, 0.1) is 17.7 Å². The number of benzene rings is 1. The van der Waals surface area contributed by atoms with E-state index in [2.05, 4.69) is 24.5 Å². The van der Waals surface area contributed by atoms with E-state index in [9.17, 15) is 4.39 Å². The van der Waals surface area contributed by atoms with Crippen molar-refractivity contribution in [2.75, 3.05) is 32.6 Å². The first-order valence-electron chi connectivity index (χ1n) is 6.30. The van der Waals surface area contributed by atoms with Crippen molar-refractivity contribution in [3.05, 3.63) is 24.0 Å². The van der Waals surface area contributed by atoms with E-state index in [4.69, 9.17) is 4.74 Å². The van der Waals surface area contributed by atoms with Crippen molar-refractivity contribution in [3.63, 3.8) is 0 Å². The third-order valence-corrected chi connectivity index (χ3v) is 3.13. The molecule has 0 saturated carbocycles. The van der Waals surface area contributed by atoms with E-state index < -0.39 is 0 Å². The Morgan fingerprint density at radius 3 is 2.50 bits per heavy atom. The molecule has 2 N–H and O–H groups in total. The normalized spacial score (nSPS) is 12.6. The molecule has 0 heterocycles. The number of anilines is 1. The van der Waals surface area contributed by atoms with Gasteiger partial charge in [-0.25, -0.2) is 4.39 Å². The topological polar surface area (TPSA) is 33.3 Å². The first-order chi connectivity index (χ1) is 8.58. The van der Waals surface area contributed by atoms with Crippen molar-refractivity contribution in [2.24, 2.45) is 11.8 Å². The predicted octanol–water partition coefficient (Wildman–Crippen LogP) is 2.74. The largest absolute Gasteiger partial charge is 0.494 e. The van der Waals surface area contributed by atoms with E-state index >= 15 is 0 Å². The van der Waals surface area contributed by atoms with Crippen LogP contribution in [0.5, 0.6) is 5.75 Å². The average Bonchev–Trinajstić information content (AvgIpc) is 2.34. The highest BCUT2D eigenvalue weighted by Crippen LogP contribution is 2.21. The Morgan fingerprint density at radius 1 is 1.28 bits per heavy atom. The Labute approximate surface area is 109 Å². The minimum Gasteiger partial charge on any atom is -0.494 e. The van der Waals surface area contributed by atoms with Crippen LogP contribution in [-0.4, -0.2) is 27.2 Å². The molecule has 4 heteroatoms. The molecule has 102 valence electrons. The monoisotopic (exact) mass is 254 g/mol. The summed E-state index contributed by atoms with van der Waals surface area (Å²) in [7, 11) is 3.41. The molecule has 1 rings (SSSR count). The van der Waals surface area contributed by atoms with Gasteiger partial charge in [-0.05, 0) is 37.6 Å². The predicted molar refractivity (Wildman–Crippen MR) is 73.7 cm³/mol. The highest BCUT2D eigenvalue weighted by molar-refractivity contribution is 5.47. The average molecular weight is 254 g/mol. The number of hydrogen-bond donors (Lipinski definition) is 2. The lowest BCUT2D eigenvalue weighted by Gasteiger charge is -2.21. The van der Waals surface area contributed by atoms with E-state index in [0.29, 0.717) is 11.8 Å². The van der Waals surface area contributed by atoms with Crippen LogP contribution >= 0.6 is 0 Å². The molecule has 0 aliphatic heterocycles. The maximum atomic E-state index is 13.5. The van der Waals surface area contributed by atoms with Crippen LogP contribution in [0.15, 0.2) is 18.2 Å². The molecule has 0 fully saturated rings. The number of methoxy groups -OCH3 is 1. The van der Waals surface area contributed by atoms with Crippen LogP contribution in [-0.2, 0) is 0 Å². The molecule has 0 amide bonds. The van der Waals surface area contributed by atoms with E-state index in [1.54, 1.807) is 6.07 Å². The number of halogens is 1. The molecule has 18 heavy (non-hydrogen) atoms. The standard InChI is InChI=1S/C14H23FN2O/c1-10(2)11(8-16-3)9-17-12-5-6-14(18-4)13(15)7-12/h5-7,10-11,16-17H,8-9H2,1-4H3. The van der Waals surface area contributed by atoms with Crippen LogP contribution in [0.25, 0.3) is 0 Å². The number of hydrogen-bond acceptors (Lipinski definition) is 3. The minimum absolute atomic E-state index is 0.274. The van der Waals surface area contributed by atoms with Gasteiger partial charge in [-0.15, -0.1) is 0 Å². The molecule has 1 unspecified atom stereocenters. The fourth-order valence-corrected chi connectivity index (χ4v) is 1.83. The quantitative estimate of drug-likeness (QED) is 0.785. The van der Waals surface area contributed by atoms with E-state index in [1.165, 1.54) is 13.2 Å². The van der Waals surface area contributed by atoms with Crippen LogP contribution in [0.4, 0.5) is 10.1 Å². The molecule has 3 nitrogen and oxygen atoms in total. The zero-order valence-corrected chi connectivity index (χ0v) is 11.6. The number of rotatable bonds is 7. The smallest absolute Gasteiger partial charge is 0.167 e. The van der Waals surface area contributed by atoms with Crippen molar-refractivity contribution in [1.82, 2.24) is 5.32 Å². The van der Waals surface area contributed by atoms with Gasteiger partial charge >= 0.3 is 0 Å². The first kappa shape index (κ1) is 14.8. The fraction of sp³-hybridized carbons (Fsp3) is 0.571. The van der Waals surface area contributed by atoms with Gasteiger partial charge in [0.2, 0.25) is 0 Å². The van der Waals surface area contributed by atoms with Crippen LogP contribution in [0.1, 0.15) is 13.8 Å². The summed E-state index contributed by atoms with van der Waals surface area (Å²) in [5.41, 5.74) is 0.787. The molecule has 0 bridgehead atoms. The van der Waals surface area contributed by atoms with Crippen molar-refractivity contribution in [3.8, 4) is 5.75 Å². The second-order valence-corrected chi connectivity index (χ2v) is 4.79. The Kier molecular flexibility index (Phi) is 5.92. The Balaban J connectivity index is 2.59. The molecule has 0 saturated heterocycles. The molecular formula is C14H23FN2O. The molecule has 0 aliphatic rings. The lowest BCUT2D eigenvalue weighted by Crippen LogP contribution is -2.29. The van der Waals surface area contributed by atoms with Gasteiger partial charge < -0.3 is 15.4 Å². The lowest BCUT2D eigenvalue weighted by molar-refractivity contribution is 0.385. The van der Waals surface area contributed by atoms with E-state index in [0.717, 1.165) is 18.8 Å². The molecule has 0 radical (unpaired) electrons. The van der Waals surface area contributed by atoms with Gasteiger partial charge in [-0.2, -0.15) is 0 Å². The summed E-state index contributed by atoms with van der Waals surface area (Å²) in [6.45, 7) is 6.16. The summed E-state index contributed by atoms with van der Waals surface area (Å²) in [6.07, 6.45) is 0. The molecule has 1 aromatic rings. The summed E-state index contributed by atoms with van der Waals surface area (Å²) in [5.74, 6) is 1.03. The Bertz CT molecular complexity index is 369. The van der Waals surface area contributed by atoms with Crippen molar-refractivity contribution in [1.29, 1.82) is 0 Å².